The van der Waals surface area contributed by atoms with Gasteiger partial charge in [0.25, 0.3) is 0 Å². The minimum atomic E-state index is 0.309. The number of hydrogen-bond acceptors (Lipinski definition) is 2. The Morgan fingerprint density at radius 1 is 0.760 bits per heavy atom. The summed E-state index contributed by atoms with van der Waals surface area (Å²) in [5.41, 5.74) is 9.59. The van der Waals surface area contributed by atoms with Gasteiger partial charge in [0.15, 0.2) is 0 Å². The quantitative estimate of drug-likeness (QED) is 0.595. The van der Waals surface area contributed by atoms with Gasteiger partial charge in [-0.15, -0.1) is 0 Å². The summed E-state index contributed by atoms with van der Waals surface area (Å²) < 4.78 is 0. The molecule has 0 saturated heterocycles. The fourth-order valence-electron chi connectivity index (χ4n) is 2.62. The maximum absolute atomic E-state index is 7.83. The van der Waals surface area contributed by atoms with E-state index in [9.17, 15) is 0 Å². The van der Waals surface area contributed by atoms with Gasteiger partial charge in [0.1, 0.15) is 0 Å². The Morgan fingerprint density at radius 2 is 1.08 bits per heavy atom. The lowest BCUT2D eigenvalue weighted by Crippen LogP contribution is -2.51. The van der Waals surface area contributed by atoms with Gasteiger partial charge in [0.2, 0.25) is 6.71 Å². The second kappa shape index (κ2) is 9.80. The summed E-state index contributed by atoms with van der Waals surface area (Å²) in [7, 11) is 0. The first-order valence-electron chi connectivity index (χ1n) is 8.19. The van der Waals surface area contributed by atoms with Gasteiger partial charge in [0.05, 0.1) is 6.07 Å². The molecule has 0 amide bonds. The third-order valence-electron chi connectivity index (χ3n) is 3.69. The van der Waals surface area contributed by atoms with E-state index < -0.39 is 0 Å². The summed E-state index contributed by atoms with van der Waals surface area (Å²) in [5, 5.41) is 7.83. The van der Waals surface area contributed by atoms with Crippen LogP contribution in [0.15, 0.2) is 103 Å². The Morgan fingerprint density at radius 3 is 1.28 bits per heavy atom. The molecule has 25 heavy (non-hydrogen) atoms. The normalized spacial score (nSPS) is 10.2. The van der Waals surface area contributed by atoms with Gasteiger partial charge in [-0.05, 0) is 6.92 Å². The topological polar surface area (TPSA) is 49.8 Å². The Labute approximate surface area is 150 Å². The molecule has 2 nitrogen and oxygen atoms in total. The van der Waals surface area contributed by atoms with E-state index in [2.05, 4.69) is 91.0 Å². The summed E-state index contributed by atoms with van der Waals surface area (Å²) in [5.74, 6) is 0. The average molecular weight is 324 g/mol. The molecule has 0 fully saturated rings. The minimum Gasteiger partial charge on any atom is -0.402 e. The molecule has 3 heteroatoms. The number of hydrogen-bond donors (Lipinski definition) is 1. The van der Waals surface area contributed by atoms with Crippen molar-refractivity contribution in [3.63, 3.8) is 0 Å². The molecule has 122 valence electrons. The number of nitrogens with two attached hydrogens (primary N) is 1. The van der Waals surface area contributed by atoms with Crippen molar-refractivity contribution in [1.82, 2.24) is 0 Å². The van der Waals surface area contributed by atoms with E-state index in [0.717, 1.165) is 0 Å². The van der Waals surface area contributed by atoms with Crippen molar-refractivity contribution in [1.29, 1.82) is 5.26 Å². The first-order chi connectivity index (χ1) is 12.2. The van der Waals surface area contributed by atoms with Crippen LogP contribution in [0.2, 0.25) is 0 Å². The summed E-state index contributed by atoms with van der Waals surface area (Å²) in [4.78, 5) is 0. The van der Waals surface area contributed by atoms with Crippen molar-refractivity contribution in [3.8, 4) is 6.07 Å². The van der Waals surface area contributed by atoms with Gasteiger partial charge in [-0.1, -0.05) is 107 Å². The van der Waals surface area contributed by atoms with Crippen molar-refractivity contribution in [2.75, 3.05) is 0 Å². The van der Waals surface area contributed by atoms with Gasteiger partial charge in [0, 0.05) is 11.8 Å². The van der Waals surface area contributed by atoms with Gasteiger partial charge in [-0.3, -0.25) is 0 Å². The second-order valence-electron chi connectivity index (χ2n) is 5.68. The van der Waals surface area contributed by atoms with E-state index in [4.69, 9.17) is 11.0 Å². The number of benzene rings is 3. The molecular formula is C22H21BN2. The Hall–Kier alpha value is -3.25. The highest BCUT2D eigenvalue weighted by atomic mass is 14.5. The van der Waals surface area contributed by atoms with Gasteiger partial charge < -0.3 is 5.73 Å². The van der Waals surface area contributed by atoms with Crippen LogP contribution in [-0.4, -0.2) is 6.71 Å². The third kappa shape index (κ3) is 5.71. The Kier molecular flexibility index (Phi) is 7.09. The molecule has 2 N–H and O–H groups in total. The molecule has 0 aliphatic rings. The van der Waals surface area contributed by atoms with Gasteiger partial charge in [-0.25, -0.2) is 0 Å². The molecule has 3 aromatic carbocycles. The molecule has 3 aromatic rings. The summed E-state index contributed by atoms with van der Waals surface area (Å²) in [6, 6.07) is 33.8. The summed E-state index contributed by atoms with van der Waals surface area (Å²) >= 11 is 0. The fourth-order valence-corrected chi connectivity index (χ4v) is 2.62. The van der Waals surface area contributed by atoms with Crippen LogP contribution in [0.5, 0.6) is 0 Å². The van der Waals surface area contributed by atoms with Gasteiger partial charge >= 0.3 is 0 Å². The van der Waals surface area contributed by atoms with Crippen LogP contribution in [0.25, 0.3) is 0 Å². The lowest BCUT2D eigenvalue weighted by Gasteiger charge is -2.15. The lowest BCUT2D eigenvalue weighted by molar-refractivity contribution is 1.31. The maximum Gasteiger partial charge on any atom is 0.241 e. The standard InChI is InChI=1S/C18H15B.C4H6N2/c1-4-10-16(11-5-1)19(17-12-6-2-7-13-17)18-14-8-3-9-15-18;1-4(6)2-3-5/h1-15H;2H,6H2,1H3/b;4-2+. The van der Waals surface area contributed by atoms with Crippen molar-refractivity contribution in [2.24, 2.45) is 5.73 Å². The van der Waals surface area contributed by atoms with Crippen molar-refractivity contribution in [2.45, 2.75) is 6.92 Å². The zero-order valence-corrected chi connectivity index (χ0v) is 14.3. The Bertz CT molecular complexity index is 724. The van der Waals surface area contributed by atoms with Gasteiger partial charge in [-0.2, -0.15) is 5.26 Å². The molecule has 0 unspecified atom stereocenters. The average Bonchev–Trinajstić information content (AvgIpc) is 2.65. The summed E-state index contributed by atoms with van der Waals surface area (Å²) in [6.07, 6.45) is 1.29. The molecule has 0 saturated carbocycles. The van der Waals surface area contributed by atoms with Crippen molar-refractivity contribution in [3.05, 3.63) is 103 Å². The molecule has 0 spiro atoms. The molecule has 0 aliphatic carbocycles. The molecule has 0 radical (unpaired) electrons. The zero-order chi connectivity index (χ0) is 17.9. The Balaban J connectivity index is 0.000000326. The minimum absolute atomic E-state index is 0.309. The lowest BCUT2D eigenvalue weighted by atomic mass is 9.37. The SMILES string of the molecule is C/C(N)=C\C#N.c1ccc(B(c2ccccc2)c2ccccc2)cc1. The second-order valence-corrected chi connectivity index (χ2v) is 5.68. The van der Waals surface area contributed by atoms with Crippen LogP contribution < -0.4 is 22.1 Å². The molecule has 0 heterocycles. The summed E-state index contributed by atoms with van der Waals surface area (Å²) in [6.45, 7) is 1.98. The van der Waals surface area contributed by atoms with Crippen LogP contribution in [0.1, 0.15) is 6.92 Å². The molecular weight excluding hydrogens is 303 g/mol. The zero-order valence-electron chi connectivity index (χ0n) is 14.3. The molecule has 0 aliphatic heterocycles. The molecule has 0 aromatic heterocycles. The van der Waals surface area contributed by atoms with Crippen molar-refractivity contribution >= 4 is 23.1 Å². The first-order valence-corrected chi connectivity index (χ1v) is 8.19. The van der Waals surface area contributed by atoms with E-state index in [1.54, 1.807) is 13.0 Å². The predicted octanol–water partition coefficient (Wildman–Crippen LogP) is 2.58. The van der Waals surface area contributed by atoms with Crippen LogP contribution in [0.4, 0.5) is 0 Å². The fraction of sp³-hybridized carbons (Fsp3) is 0.0455. The van der Waals surface area contributed by atoms with Crippen LogP contribution in [-0.2, 0) is 0 Å². The highest BCUT2D eigenvalue weighted by molar-refractivity contribution is 6.95. The van der Waals surface area contributed by atoms with E-state index in [1.807, 2.05) is 0 Å². The van der Waals surface area contributed by atoms with Crippen LogP contribution in [0, 0.1) is 11.3 Å². The maximum atomic E-state index is 7.83. The number of rotatable bonds is 3. The monoisotopic (exact) mass is 324 g/mol. The number of nitriles is 1. The smallest absolute Gasteiger partial charge is 0.241 e. The third-order valence-corrected chi connectivity index (χ3v) is 3.69. The van der Waals surface area contributed by atoms with E-state index in [0.29, 0.717) is 12.4 Å². The number of allylic oxidation sites excluding steroid dienone is 2. The van der Waals surface area contributed by atoms with Crippen molar-refractivity contribution < 1.29 is 0 Å². The van der Waals surface area contributed by atoms with E-state index in [-0.39, 0.29) is 0 Å². The highest BCUT2D eigenvalue weighted by Gasteiger charge is 2.20. The molecule has 3 rings (SSSR count). The highest BCUT2D eigenvalue weighted by Crippen LogP contribution is 1.95. The predicted molar refractivity (Wildman–Crippen MR) is 108 cm³/mol. The molecule has 0 atom stereocenters. The largest absolute Gasteiger partial charge is 0.402 e. The van der Waals surface area contributed by atoms with E-state index in [1.165, 1.54) is 22.5 Å². The van der Waals surface area contributed by atoms with Crippen LogP contribution in [0.3, 0.4) is 0 Å². The van der Waals surface area contributed by atoms with E-state index >= 15 is 0 Å². The van der Waals surface area contributed by atoms with Crippen LogP contribution >= 0.6 is 0 Å². The molecule has 0 bridgehead atoms. The number of nitrogens with zero attached hydrogens (tertiary/aromatic N) is 1. The first kappa shape index (κ1) is 18.1.